The molecule has 1 aliphatic rings. The van der Waals surface area contributed by atoms with Crippen molar-refractivity contribution < 1.29 is 14.3 Å². The number of piperidine rings is 1. The highest BCUT2D eigenvalue weighted by Crippen LogP contribution is 2.21. The first-order chi connectivity index (χ1) is 11.6. The Morgan fingerprint density at radius 1 is 1.29 bits per heavy atom. The maximum atomic E-state index is 12.0. The Labute approximate surface area is 143 Å². The third-order valence-corrected chi connectivity index (χ3v) is 4.22. The van der Waals surface area contributed by atoms with E-state index in [1.54, 1.807) is 0 Å². The lowest BCUT2D eigenvalue weighted by molar-refractivity contribution is -0.119. The van der Waals surface area contributed by atoms with Gasteiger partial charge in [0.2, 0.25) is 5.91 Å². The second-order valence-corrected chi connectivity index (χ2v) is 6.45. The minimum absolute atomic E-state index is 0.0158. The molecule has 1 aromatic rings. The number of nitrogens with one attached hydrogen (secondary N) is 1. The van der Waals surface area contributed by atoms with Crippen LogP contribution in [-0.2, 0) is 16.1 Å². The van der Waals surface area contributed by atoms with Gasteiger partial charge in [0, 0.05) is 19.1 Å². The van der Waals surface area contributed by atoms with Crippen LogP contribution in [0.4, 0.5) is 4.79 Å². The normalized spacial score (nSPS) is 21.2. The molecule has 0 radical (unpaired) electrons. The van der Waals surface area contributed by atoms with E-state index in [2.05, 4.69) is 12.2 Å². The molecule has 0 aromatic heterocycles. The molecular weight excluding hydrogens is 306 g/mol. The standard InChI is InChI=1S/C18H27N3O3/c1-2-6-15-9-16(11-21(10-15)12-17(19)22)20-18(23)24-13-14-7-4-3-5-8-14/h3-5,7-8,15-16H,2,6,9-13H2,1H3,(H2,19,22)(H,20,23). The van der Waals surface area contributed by atoms with Gasteiger partial charge in [0.1, 0.15) is 6.61 Å². The van der Waals surface area contributed by atoms with Gasteiger partial charge in [0.05, 0.1) is 6.54 Å². The smallest absolute Gasteiger partial charge is 0.407 e. The minimum Gasteiger partial charge on any atom is -0.445 e. The van der Waals surface area contributed by atoms with Crippen LogP contribution in [0.2, 0.25) is 0 Å². The van der Waals surface area contributed by atoms with Crippen LogP contribution in [0.1, 0.15) is 31.7 Å². The second-order valence-electron chi connectivity index (χ2n) is 6.45. The van der Waals surface area contributed by atoms with Crippen molar-refractivity contribution in [3.63, 3.8) is 0 Å². The van der Waals surface area contributed by atoms with E-state index in [0.29, 0.717) is 12.5 Å². The second kappa shape index (κ2) is 9.27. The van der Waals surface area contributed by atoms with Gasteiger partial charge < -0.3 is 15.8 Å². The average Bonchev–Trinajstić information content (AvgIpc) is 2.53. The number of hydrogen-bond donors (Lipinski definition) is 2. The summed E-state index contributed by atoms with van der Waals surface area (Å²) in [4.78, 5) is 25.2. The molecular formula is C18H27N3O3. The summed E-state index contributed by atoms with van der Waals surface area (Å²) in [6.07, 6.45) is 2.65. The zero-order valence-electron chi connectivity index (χ0n) is 14.2. The lowest BCUT2D eigenvalue weighted by Gasteiger charge is -2.37. The van der Waals surface area contributed by atoms with E-state index in [4.69, 9.17) is 10.5 Å². The summed E-state index contributed by atoms with van der Waals surface area (Å²) in [5, 5.41) is 2.93. The highest BCUT2D eigenvalue weighted by Gasteiger charge is 2.28. The van der Waals surface area contributed by atoms with Gasteiger partial charge in [-0.15, -0.1) is 0 Å². The lowest BCUT2D eigenvalue weighted by Crippen LogP contribution is -2.52. The third-order valence-electron chi connectivity index (χ3n) is 4.22. The number of benzene rings is 1. The molecule has 2 atom stereocenters. The van der Waals surface area contributed by atoms with Crippen LogP contribution >= 0.6 is 0 Å². The number of carbonyl (C=O) groups excluding carboxylic acids is 2. The molecule has 1 heterocycles. The molecule has 0 spiro atoms. The van der Waals surface area contributed by atoms with E-state index >= 15 is 0 Å². The maximum absolute atomic E-state index is 12.0. The number of ether oxygens (including phenoxy) is 1. The van der Waals surface area contributed by atoms with Gasteiger partial charge in [-0.05, 0) is 24.3 Å². The van der Waals surface area contributed by atoms with Crippen LogP contribution in [0.5, 0.6) is 0 Å². The molecule has 2 rings (SSSR count). The summed E-state index contributed by atoms with van der Waals surface area (Å²) in [6, 6.07) is 9.56. The van der Waals surface area contributed by atoms with Crippen molar-refractivity contribution >= 4 is 12.0 Å². The van der Waals surface area contributed by atoms with E-state index in [9.17, 15) is 9.59 Å². The van der Waals surface area contributed by atoms with E-state index in [1.807, 2.05) is 35.2 Å². The van der Waals surface area contributed by atoms with Gasteiger partial charge in [0.15, 0.2) is 0 Å². The van der Waals surface area contributed by atoms with Gasteiger partial charge in [0.25, 0.3) is 0 Å². The Hall–Kier alpha value is -2.08. The maximum Gasteiger partial charge on any atom is 0.407 e. The number of primary amides is 1. The molecule has 1 fully saturated rings. The molecule has 1 saturated heterocycles. The SMILES string of the molecule is CCCC1CC(NC(=O)OCc2ccccc2)CN(CC(N)=O)C1. The molecule has 0 aliphatic carbocycles. The quantitative estimate of drug-likeness (QED) is 0.798. The molecule has 6 heteroatoms. The number of nitrogens with zero attached hydrogens (tertiary/aromatic N) is 1. The van der Waals surface area contributed by atoms with Crippen molar-refractivity contribution in [2.45, 2.75) is 38.8 Å². The summed E-state index contributed by atoms with van der Waals surface area (Å²) in [7, 11) is 0. The number of rotatable bonds is 7. The van der Waals surface area contributed by atoms with Crippen molar-refractivity contribution in [2.24, 2.45) is 11.7 Å². The number of alkyl carbamates (subject to hydrolysis) is 1. The van der Waals surface area contributed by atoms with E-state index in [1.165, 1.54) is 0 Å². The van der Waals surface area contributed by atoms with Crippen molar-refractivity contribution in [3.05, 3.63) is 35.9 Å². The van der Waals surface area contributed by atoms with Gasteiger partial charge in [-0.3, -0.25) is 9.69 Å². The number of likely N-dealkylation sites (tertiary alicyclic amines) is 1. The van der Waals surface area contributed by atoms with Gasteiger partial charge >= 0.3 is 6.09 Å². The van der Waals surface area contributed by atoms with E-state index in [-0.39, 0.29) is 25.1 Å². The van der Waals surface area contributed by atoms with Crippen LogP contribution in [-0.4, -0.2) is 42.6 Å². The highest BCUT2D eigenvalue weighted by atomic mass is 16.5. The topological polar surface area (TPSA) is 84.7 Å². The van der Waals surface area contributed by atoms with Crippen molar-refractivity contribution in [1.29, 1.82) is 0 Å². The molecule has 3 N–H and O–H groups in total. The Balaban J connectivity index is 1.84. The van der Waals surface area contributed by atoms with Crippen LogP contribution in [0.3, 0.4) is 0 Å². The van der Waals surface area contributed by atoms with Crippen molar-refractivity contribution in [2.75, 3.05) is 19.6 Å². The highest BCUT2D eigenvalue weighted by molar-refractivity contribution is 5.76. The van der Waals surface area contributed by atoms with Gasteiger partial charge in [-0.1, -0.05) is 43.7 Å². The molecule has 1 aromatic carbocycles. The number of hydrogen-bond acceptors (Lipinski definition) is 4. The molecule has 0 saturated carbocycles. The predicted molar refractivity (Wildman–Crippen MR) is 92.2 cm³/mol. The fourth-order valence-electron chi connectivity index (χ4n) is 3.31. The zero-order chi connectivity index (χ0) is 17.4. The van der Waals surface area contributed by atoms with Crippen molar-refractivity contribution in [3.8, 4) is 0 Å². The molecule has 1 aliphatic heterocycles. The molecule has 24 heavy (non-hydrogen) atoms. The number of amides is 2. The third kappa shape index (κ3) is 6.20. The van der Waals surface area contributed by atoms with Crippen LogP contribution < -0.4 is 11.1 Å². The number of nitrogens with two attached hydrogens (primary N) is 1. The Bertz CT molecular complexity index is 536. The predicted octanol–water partition coefficient (Wildman–Crippen LogP) is 1.89. The fraction of sp³-hybridized carbons (Fsp3) is 0.556. The summed E-state index contributed by atoms with van der Waals surface area (Å²) in [6.45, 7) is 4.11. The lowest BCUT2D eigenvalue weighted by atomic mass is 9.90. The Morgan fingerprint density at radius 2 is 2.04 bits per heavy atom. The molecule has 2 unspecified atom stereocenters. The van der Waals surface area contributed by atoms with Gasteiger partial charge in [-0.25, -0.2) is 4.79 Å². The molecule has 0 bridgehead atoms. The molecule has 2 amide bonds. The Kier molecular flexibility index (Phi) is 7.06. The average molecular weight is 333 g/mol. The van der Waals surface area contributed by atoms with Crippen LogP contribution in [0, 0.1) is 5.92 Å². The van der Waals surface area contributed by atoms with E-state index < -0.39 is 6.09 Å². The number of carbonyl (C=O) groups is 2. The first kappa shape index (κ1) is 18.3. The largest absolute Gasteiger partial charge is 0.445 e. The van der Waals surface area contributed by atoms with Gasteiger partial charge in [-0.2, -0.15) is 0 Å². The van der Waals surface area contributed by atoms with Crippen LogP contribution in [0.25, 0.3) is 0 Å². The first-order valence-electron chi connectivity index (χ1n) is 8.54. The van der Waals surface area contributed by atoms with E-state index in [0.717, 1.165) is 31.4 Å². The fourth-order valence-corrected chi connectivity index (χ4v) is 3.31. The zero-order valence-corrected chi connectivity index (χ0v) is 14.2. The summed E-state index contributed by atoms with van der Waals surface area (Å²) < 4.78 is 5.28. The Morgan fingerprint density at radius 3 is 2.71 bits per heavy atom. The summed E-state index contributed by atoms with van der Waals surface area (Å²) >= 11 is 0. The molecule has 6 nitrogen and oxygen atoms in total. The first-order valence-corrected chi connectivity index (χ1v) is 8.54. The summed E-state index contributed by atoms with van der Waals surface area (Å²) in [5.74, 6) is 0.125. The monoisotopic (exact) mass is 333 g/mol. The molecule has 132 valence electrons. The minimum atomic E-state index is -0.417. The van der Waals surface area contributed by atoms with Crippen molar-refractivity contribution in [1.82, 2.24) is 10.2 Å². The van der Waals surface area contributed by atoms with Crippen LogP contribution in [0.15, 0.2) is 30.3 Å². The summed E-state index contributed by atoms with van der Waals surface area (Å²) in [5.41, 5.74) is 6.26.